The van der Waals surface area contributed by atoms with E-state index < -0.39 is 0 Å². The Morgan fingerprint density at radius 2 is 1.90 bits per heavy atom. The molecule has 0 aliphatic rings. The van der Waals surface area contributed by atoms with Gasteiger partial charge in [0.2, 0.25) is 0 Å². The quantitative estimate of drug-likeness (QED) is 0.163. The molecule has 2 rings (SSSR count). The normalized spacial score (nSPS) is 9.65. The van der Waals surface area contributed by atoms with Gasteiger partial charge in [0.1, 0.15) is 4.83 Å². The van der Waals surface area contributed by atoms with E-state index in [0.29, 0.717) is 0 Å². The van der Waals surface area contributed by atoms with Gasteiger partial charge < -0.3 is 10.6 Å². The van der Waals surface area contributed by atoms with E-state index in [1.807, 2.05) is 84.8 Å². The Bertz CT molecular complexity index is 749. The van der Waals surface area contributed by atoms with E-state index in [0.717, 1.165) is 32.8 Å². The first-order valence-corrected chi connectivity index (χ1v) is 11.8. The van der Waals surface area contributed by atoms with E-state index in [4.69, 9.17) is 5.73 Å². The van der Waals surface area contributed by atoms with Crippen molar-refractivity contribution in [1.29, 1.82) is 0 Å². The number of nitrogens with zero attached hydrogens (tertiary/aromatic N) is 3. The fourth-order valence-electron chi connectivity index (χ4n) is 1.93. The summed E-state index contributed by atoms with van der Waals surface area (Å²) < 4.78 is 0. The molecule has 2 N–H and O–H groups in total. The fourth-order valence-corrected chi connectivity index (χ4v) is 2.77. The summed E-state index contributed by atoms with van der Waals surface area (Å²) in [5, 5.41) is 1.05. The summed E-state index contributed by atoms with van der Waals surface area (Å²) in [5.41, 5.74) is 7.02. The first kappa shape index (κ1) is 33.2. The van der Waals surface area contributed by atoms with Crippen molar-refractivity contribution in [2.45, 2.75) is 67.7 Å². The third kappa shape index (κ3) is 16.0. The lowest BCUT2D eigenvalue weighted by Gasteiger charge is -2.12. The Hall–Kier alpha value is -2.47. The molecule has 176 valence electrons. The SMILES string of the molecule is C/C=C(\C)N=CN.C=CCCCC.CC.CC.CN(C)c1ccnc2sc(C=O)cc12. The molecule has 0 aliphatic heterocycles. The second-order valence-corrected chi connectivity index (χ2v) is 6.91. The van der Waals surface area contributed by atoms with E-state index >= 15 is 0 Å². The molecule has 0 saturated carbocycles. The molecule has 0 spiro atoms. The van der Waals surface area contributed by atoms with Crippen LogP contribution < -0.4 is 10.6 Å². The Morgan fingerprint density at radius 1 is 1.29 bits per heavy atom. The van der Waals surface area contributed by atoms with Crippen LogP contribution in [0.3, 0.4) is 0 Å². The van der Waals surface area contributed by atoms with Gasteiger partial charge in [-0.05, 0) is 32.4 Å². The Morgan fingerprint density at radius 3 is 2.26 bits per heavy atom. The lowest BCUT2D eigenvalue weighted by Crippen LogP contribution is -2.08. The monoisotopic (exact) mass is 448 g/mol. The molecule has 0 amide bonds. The van der Waals surface area contributed by atoms with Gasteiger partial charge in [-0.25, -0.2) is 9.98 Å². The molecule has 2 aromatic rings. The zero-order valence-corrected chi connectivity index (χ0v) is 21.9. The summed E-state index contributed by atoms with van der Waals surface area (Å²) in [4.78, 5) is 22.3. The molecule has 0 aliphatic carbocycles. The van der Waals surface area contributed by atoms with Crippen molar-refractivity contribution in [3.05, 3.63) is 47.6 Å². The molecule has 0 aromatic carbocycles. The number of rotatable bonds is 6. The molecular weight excluding hydrogens is 404 g/mol. The van der Waals surface area contributed by atoms with E-state index in [-0.39, 0.29) is 0 Å². The van der Waals surface area contributed by atoms with Gasteiger partial charge in [-0.3, -0.25) is 4.79 Å². The standard InChI is InChI=1S/C10H10N2OS.C6H12.C5H10N2.2C2H6/c1-12(2)9-3-4-11-10-8(9)5-7(6-13)14-10;1-3-5-6-4-2;1-3-5(2)7-4-6;2*1-2/h3-6H,1-2H3;3H,1,4-6H2,2H3;3-4H,1-2H3,(H2,6,7);2*1-2H3/b;;5-3+;;. The molecule has 0 fully saturated rings. The number of fused-ring (bicyclic) bond motifs is 1. The van der Waals surface area contributed by atoms with Crippen molar-refractivity contribution in [1.82, 2.24) is 4.98 Å². The van der Waals surface area contributed by atoms with E-state index in [2.05, 4.69) is 23.5 Å². The molecule has 0 saturated heterocycles. The molecule has 0 radical (unpaired) electrons. The van der Waals surface area contributed by atoms with Gasteiger partial charge in [-0.15, -0.1) is 17.9 Å². The predicted octanol–water partition coefficient (Wildman–Crippen LogP) is 7.49. The van der Waals surface area contributed by atoms with Crippen LogP contribution in [0.2, 0.25) is 0 Å². The van der Waals surface area contributed by atoms with Gasteiger partial charge in [0, 0.05) is 37.1 Å². The molecular formula is C25H44N4OS. The molecule has 2 aromatic heterocycles. The molecule has 0 bridgehead atoms. The van der Waals surface area contributed by atoms with Crippen LogP contribution in [0.4, 0.5) is 5.69 Å². The van der Waals surface area contributed by atoms with Crippen LogP contribution in [0.1, 0.15) is 77.4 Å². The third-order valence-corrected chi connectivity index (χ3v) is 4.46. The number of aliphatic imine (C=N–C) groups is 1. The number of nitrogens with two attached hydrogens (primary N) is 1. The highest BCUT2D eigenvalue weighted by atomic mass is 32.1. The average Bonchev–Trinajstić information content (AvgIpc) is 3.24. The first-order chi connectivity index (χ1) is 14.9. The van der Waals surface area contributed by atoms with E-state index in [1.54, 1.807) is 6.20 Å². The van der Waals surface area contributed by atoms with Crippen LogP contribution >= 0.6 is 11.3 Å². The lowest BCUT2D eigenvalue weighted by atomic mass is 10.2. The maximum Gasteiger partial charge on any atom is 0.160 e. The average molecular weight is 449 g/mol. The smallest absolute Gasteiger partial charge is 0.160 e. The van der Waals surface area contributed by atoms with Gasteiger partial charge in [0.05, 0.1) is 11.2 Å². The van der Waals surface area contributed by atoms with Gasteiger partial charge in [-0.1, -0.05) is 59.6 Å². The maximum atomic E-state index is 10.6. The van der Waals surface area contributed by atoms with E-state index in [1.165, 1.54) is 36.9 Å². The molecule has 0 unspecified atom stereocenters. The van der Waals surface area contributed by atoms with Gasteiger partial charge in [0.25, 0.3) is 0 Å². The van der Waals surface area contributed by atoms with Gasteiger partial charge in [-0.2, -0.15) is 0 Å². The highest BCUT2D eigenvalue weighted by Gasteiger charge is 2.07. The number of thiophene rings is 1. The Kier molecular flexibility index (Phi) is 25.5. The second kappa shape index (κ2) is 23.8. The van der Waals surface area contributed by atoms with Crippen molar-refractivity contribution < 1.29 is 4.79 Å². The molecule has 5 nitrogen and oxygen atoms in total. The lowest BCUT2D eigenvalue weighted by molar-refractivity contribution is 0.112. The number of anilines is 1. The summed E-state index contributed by atoms with van der Waals surface area (Å²) in [5.74, 6) is 0. The topological polar surface area (TPSA) is 71.6 Å². The van der Waals surface area contributed by atoms with Crippen LogP contribution in [0.5, 0.6) is 0 Å². The van der Waals surface area contributed by atoms with Crippen molar-refractivity contribution in [3.63, 3.8) is 0 Å². The fraction of sp³-hybridized carbons (Fsp3) is 0.480. The number of aldehydes is 1. The summed E-state index contributed by atoms with van der Waals surface area (Å²) >= 11 is 1.42. The summed E-state index contributed by atoms with van der Waals surface area (Å²) in [6.45, 7) is 17.6. The number of aromatic nitrogens is 1. The zero-order chi connectivity index (χ0) is 24.7. The minimum Gasteiger partial charge on any atom is -0.390 e. The minimum absolute atomic E-state index is 0.724. The van der Waals surface area contributed by atoms with Crippen LogP contribution in [0.15, 0.2) is 47.7 Å². The third-order valence-electron chi connectivity index (χ3n) is 3.49. The van der Waals surface area contributed by atoms with Crippen LogP contribution in [0.25, 0.3) is 10.2 Å². The molecule has 0 atom stereocenters. The summed E-state index contributed by atoms with van der Waals surface area (Å²) in [7, 11) is 3.96. The van der Waals surface area contributed by atoms with E-state index in [9.17, 15) is 4.79 Å². The first-order valence-electron chi connectivity index (χ1n) is 10.9. The minimum atomic E-state index is 0.724. The number of allylic oxidation sites excluding steroid dienone is 3. The maximum absolute atomic E-state index is 10.6. The van der Waals surface area contributed by atoms with Gasteiger partial charge in [0.15, 0.2) is 6.29 Å². The van der Waals surface area contributed by atoms with Crippen molar-refractivity contribution in [2.24, 2.45) is 10.7 Å². The van der Waals surface area contributed by atoms with Crippen LogP contribution in [-0.4, -0.2) is 31.7 Å². The molecule has 31 heavy (non-hydrogen) atoms. The number of pyridine rings is 1. The number of hydrogen-bond donors (Lipinski definition) is 1. The highest BCUT2D eigenvalue weighted by Crippen LogP contribution is 2.29. The molecule has 6 heteroatoms. The van der Waals surface area contributed by atoms with Crippen LogP contribution in [0, 0.1) is 0 Å². The largest absolute Gasteiger partial charge is 0.390 e. The number of unbranched alkanes of at least 4 members (excludes halogenated alkanes) is 2. The van der Waals surface area contributed by atoms with Crippen LogP contribution in [-0.2, 0) is 0 Å². The predicted molar refractivity (Wildman–Crippen MR) is 144 cm³/mol. The number of hydrogen-bond acceptors (Lipinski definition) is 5. The Labute approximate surface area is 194 Å². The van der Waals surface area contributed by atoms with Crippen molar-refractivity contribution in [2.75, 3.05) is 19.0 Å². The van der Waals surface area contributed by atoms with Crippen molar-refractivity contribution >= 4 is 39.9 Å². The summed E-state index contributed by atoms with van der Waals surface area (Å²) in [6, 6.07) is 3.83. The highest BCUT2D eigenvalue weighted by molar-refractivity contribution is 7.20. The van der Waals surface area contributed by atoms with Crippen molar-refractivity contribution in [3.8, 4) is 0 Å². The Balaban J connectivity index is -0.000000392. The second-order valence-electron chi connectivity index (χ2n) is 5.85. The summed E-state index contributed by atoms with van der Waals surface area (Å²) in [6.07, 6.45) is 11.5. The number of carbonyl (C=O) groups excluding carboxylic acids is 1. The van der Waals surface area contributed by atoms with Gasteiger partial charge >= 0.3 is 0 Å². The molecule has 2 heterocycles. The number of carbonyl (C=O) groups is 1. The zero-order valence-electron chi connectivity index (χ0n) is 21.1.